The third kappa shape index (κ3) is 2.15. The van der Waals surface area contributed by atoms with Crippen LogP contribution >= 0.6 is 11.6 Å². The number of ether oxygens (including phenoxy) is 1. The highest BCUT2D eigenvalue weighted by molar-refractivity contribution is 6.32. The van der Waals surface area contributed by atoms with Crippen LogP contribution in [0.5, 0.6) is 5.75 Å². The molecular weight excluding hydrogens is 207 g/mol. The van der Waals surface area contributed by atoms with Gasteiger partial charge in [-0.3, -0.25) is 0 Å². The molecule has 0 spiro atoms. The van der Waals surface area contributed by atoms with E-state index in [0.717, 1.165) is 0 Å². The second-order valence-corrected chi connectivity index (χ2v) is 3.27. The van der Waals surface area contributed by atoms with Crippen LogP contribution in [0.1, 0.15) is 11.6 Å². The number of halogens is 2. The minimum absolute atomic E-state index is 0.0274. The number of benzene rings is 1. The highest BCUT2D eigenvalue weighted by Crippen LogP contribution is 2.30. The van der Waals surface area contributed by atoms with Gasteiger partial charge in [0.05, 0.1) is 12.1 Å². The second kappa shape index (κ2) is 4.59. The molecule has 1 rings (SSSR count). The van der Waals surface area contributed by atoms with Gasteiger partial charge in [0.1, 0.15) is 0 Å². The standard InChI is InChI=1S/C9H12ClFN2O/c1-14-9-6(10)2-5(3-7(9)11)8(13)4-12/h2-3,8H,4,12-13H2,1H3. The summed E-state index contributed by atoms with van der Waals surface area (Å²) in [4.78, 5) is 0. The van der Waals surface area contributed by atoms with Crippen LogP contribution in [0.4, 0.5) is 4.39 Å². The lowest BCUT2D eigenvalue weighted by molar-refractivity contribution is 0.386. The first-order valence-corrected chi connectivity index (χ1v) is 4.46. The second-order valence-electron chi connectivity index (χ2n) is 2.86. The maximum atomic E-state index is 13.3. The maximum Gasteiger partial charge on any atom is 0.173 e. The highest BCUT2D eigenvalue weighted by Gasteiger charge is 2.12. The average molecular weight is 219 g/mol. The summed E-state index contributed by atoms with van der Waals surface area (Å²) in [7, 11) is 1.35. The molecule has 3 nitrogen and oxygen atoms in total. The van der Waals surface area contributed by atoms with Crippen LogP contribution in [-0.2, 0) is 0 Å². The van der Waals surface area contributed by atoms with Gasteiger partial charge in [-0.2, -0.15) is 0 Å². The number of hydrogen-bond donors (Lipinski definition) is 2. The number of hydrogen-bond acceptors (Lipinski definition) is 3. The van der Waals surface area contributed by atoms with Gasteiger partial charge in [-0.05, 0) is 17.7 Å². The Bertz CT molecular complexity index is 310. The SMILES string of the molecule is COc1c(F)cc(C(N)CN)cc1Cl. The average Bonchev–Trinajstić information content (AvgIpc) is 2.16. The summed E-state index contributed by atoms with van der Waals surface area (Å²) in [6.45, 7) is 0.238. The van der Waals surface area contributed by atoms with E-state index in [9.17, 15) is 4.39 Å². The lowest BCUT2D eigenvalue weighted by Crippen LogP contribution is -2.20. The molecule has 0 fully saturated rings. The van der Waals surface area contributed by atoms with E-state index >= 15 is 0 Å². The minimum atomic E-state index is -0.529. The summed E-state index contributed by atoms with van der Waals surface area (Å²) in [5.41, 5.74) is 11.6. The fourth-order valence-corrected chi connectivity index (χ4v) is 1.42. The fourth-order valence-electron chi connectivity index (χ4n) is 1.12. The van der Waals surface area contributed by atoms with Crippen LogP contribution in [0.15, 0.2) is 12.1 Å². The van der Waals surface area contributed by atoms with Crippen molar-refractivity contribution in [1.82, 2.24) is 0 Å². The summed E-state index contributed by atoms with van der Waals surface area (Å²) in [6, 6.07) is 2.43. The van der Waals surface area contributed by atoms with Crippen molar-refractivity contribution in [2.24, 2.45) is 11.5 Å². The van der Waals surface area contributed by atoms with Gasteiger partial charge < -0.3 is 16.2 Å². The van der Waals surface area contributed by atoms with Crippen molar-refractivity contribution in [3.05, 3.63) is 28.5 Å². The topological polar surface area (TPSA) is 61.3 Å². The largest absolute Gasteiger partial charge is 0.492 e. The van der Waals surface area contributed by atoms with E-state index in [-0.39, 0.29) is 17.3 Å². The third-order valence-corrected chi connectivity index (χ3v) is 2.19. The Kier molecular flexibility index (Phi) is 3.69. The summed E-state index contributed by atoms with van der Waals surface area (Å²) in [5.74, 6) is -0.501. The van der Waals surface area contributed by atoms with Crippen molar-refractivity contribution in [2.45, 2.75) is 6.04 Å². The Labute approximate surface area is 86.8 Å². The third-order valence-electron chi connectivity index (χ3n) is 1.91. The predicted molar refractivity (Wildman–Crippen MR) is 53.9 cm³/mol. The number of methoxy groups -OCH3 is 1. The van der Waals surface area contributed by atoms with Gasteiger partial charge in [0, 0.05) is 12.6 Å². The quantitative estimate of drug-likeness (QED) is 0.807. The maximum absolute atomic E-state index is 13.3. The van der Waals surface area contributed by atoms with E-state index < -0.39 is 11.9 Å². The Morgan fingerprint density at radius 3 is 2.64 bits per heavy atom. The minimum Gasteiger partial charge on any atom is -0.492 e. The van der Waals surface area contributed by atoms with Crippen LogP contribution in [0.25, 0.3) is 0 Å². The lowest BCUT2D eigenvalue weighted by Gasteiger charge is -2.12. The molecule has 0 saturated heterocycles. The van der Waals surface area contributed by atoms with Crippen molar-refractivity contribution in [2.75, 3.05) is 13.7 Å². The zero-order valence-corrected chi connectivity index (χ0v) is 8.51. The van der Waals surface area contributed by atoms with E-state index in [2.05, 4.69) is 0 Å². The summed E-state index contributed by atoms with van der Waals surface area (Å²) >= 11 is 5.77. The van der Waals surface area contributed by atoms with Gasteiger partial charge in [0.15, 0.2) is 11.6 Å². The van der Waals surface area contributed by atoms with E-state index in [1.165, 1.54) is 13.2 Å². The van der Waals surface area contributed by atoms with Crippen LogP contribution < -0.4 is 16.2 Å². The van der Waals surface area contributed by atoms with Crippen LogP contribution in [0.3, 0.4) is 0 Å². The van der Waals surface area contributed by atoms with Crippen molar-refractivity contribution in [1.29, 1.82) is 0 Å². The zero-order valence-electron chi connectivity index (χ0n) is 7.76. The van der Waals surface area contributed by atoms with Gasteiger partial charge in [-0.1, -0.05) is 11.6 Å². The van der Waals surface area contributed by atoms with Crippen LogP contribution in [-0.4, -0.2) is 13.7 Å². The molecule has 14 heavy (non-hydrogen) atoms. The van der Waals surface area contributed by atoms with Gasteiger partial charge in [-0.25, -0.2) is 4.39 Å². The highest BCUT2D eigenvalue weighted by atomic mass is 35.5. The van der Waals surface area contributed by atoms with Crippen LogP contribution in [0, 0.1) is 5.82 Å². The predicted octanol–water partition coefficient (Wildman–Crippen LogP) is 1.45. The van der Waals surface area contributed by atoms with Crippen molar-refractivity contribution < 1.29 is 9.13 Å². The lowest BCUT2D eigenvalue weighted by atomic mass is 10.1. The van der Waals surface area contributed by atoms with Gasteiger partial charge in [0.25, 0.3) is 0 Å². The van der Waals surface area contributed by atoms with Crippen molar-refractivity contribution in [3.63, 3.8) is 0 Å². The Morgan fingerprint density at radius 2 is 2.21 bits per heavy atom. The molecule has 1 atom stereocenters. The fraction of sp³-hybridized carbons (Fsp3) is 0.333. The van der Waals surface area contributed by atoms with E-state index in [1.54, 1.807) is 6.07 Å². The number of nitrogens with two attached hydrogens (primary N) is 2. The molecule has 0 heterocycles. The molecule has 1 aromatic carbocycles. The Balaban J connectivity index is 3.13. The molecule has 5 heteroatoms. The van der Waals surface area contributed by atoms with Crippen molar-refractivity contribution in [3.8, 4) is 5.75 Å². The molecule has 0 radical (unpaired) electrons. The van der Waals surface area contributed by atoms with E-state index in [1.807, 2.05) is 0 Å². The molecular formula is C9H12ClFN2O. The molecule has 1 aromatic rings. The molecule has 0 aromatic heterocycles. The van der Waals surface area contributed by atoms with E-state index in [0.29, 0.717) is 5.56 Å². The first kappa shape index (κ1) is 11.2. The Morgan fingerprint density at radius 1 is 1.57 bits per heavy atom. The van der Waals surface area contributed by atoms with Crippen LogP contribution in [0.2, 0.25) is 5.02 Å². The van der Waals surface area contributed by atoms with Crippen molar-refractivity contribution >= 4 is 11.6 Å². The molecule has 0 aliphatic carbocycles. The molecule has 0 aliphatic rings. The normalized spacial score (nSPS) is 12.6. The molecule has 0 amide bonds. The first-order valence-electron chi connectivity index (χ1n) is 4.08. The molecule has 78 valence electrons. The monoisotopic (exact) mass is 218 g/mol. The first-order chi connectivity index (χ1) is 6.60. The molecule has 1 unspecified atom stereocenters. The summed E-state index contributed by atoms with van der Waals surface area (Å²) in [5, 5.41) is 0.200. The molecule has 4 N–H and O–H groups in total. The molecule has 0 saturated carbocycles. The zero-order chi connectivity index (χ0) is 10.7. The van der Waals surface area contributed by atoms with Gasteiger partial charge in [-0.15, -0.1) is 0 Å². The van der Waals surface area contributed by atoms with Gasteiger partial charge in [0.2, 0.25) is 0 Å². The molecule has 0 aliphatic heterocycles. The molecule has 0 bridgehead atoms. The van der Waals surface area contributed by atoms with E-state index in [4.69, 9.17) is 27.8 Å². The summed E-state index contributed by atoms with van der Waals surface area (Å²) in [6.07, 6.45) is 0. The smallest absolute Gasteiger partial charge is 0.173 e. The Hall–Kier alpha value is -0.840. The summed E-state index contributed by atoms with van der Waals surface area (Å²) < 4.78 is 18.1. The number of rotatable bonds is 3. The van der Waals surface area contributed by atoms with Gasteiger partial charge >= 0.3 is 0 Å².